The van der Waals surface area contributed by atoms with Crippen LogP contribution in [0.5, 0.6) is 0 Å². The van der Waals surface area contributed by atoms with E-state index in [2.05, 4.69) is 26.9 Å². The fourth-order valence-corrected chi connectivity index (χ4v) is 2.74. The van der Waals surface area contributed by atoms with E-state index in [1.807, 2.05) is 12.1 Å². The molecule has 1 aromatic rings. The highest BCUT2D eigenvalue weighted by molar-refractivity contribution is 9.10. The predicted molar refractivity (Wildman–Crippen MR) is 81.5 cm³/mol. The third kappa shape index (κ3) is 3.60. The monoisotopic (exact) mass is 323 g/mol. The maximum Gasteiger partial charge on any atom is 0.331 e. The standard InChI is InChI=1S/C15H18BrNO2/c1-11(15(18)19)9-12-10-13(16)5-6-14(12)17-7-3-2-4-8-17/h5-6,9-10H,2-4,7-8H2,1H3,(H,18,19)/b11-9+. The Hall–Kier alpha value is -1.29. The highest BCUT2D eigenvalue weighted by Gasteiger charge is 2.14. The molecule has 0 atom stereocenters. The fraction of sp³-hybridized carbons (Fsp3) is 0.400. The summed E-state index contributed by atoms with van der Waals surface area (Å²) in [4.78, 5) is 13.3. The van der Waals surface area contributed by atoms with Gasteiger partial charge in [-0.25, -0.2) is 4.79 Å². The van der Waals surface area contributed by atoms with E-state index in [9.17, 15) is 4.79 Å². The van der Waals surface area contributed by atoms with E-state index >= 15 is 0 Å². The van der Waals surface area contributed by atoms with Crippen LogP contribution in [-0.4, -0.2) is 24.2 Å². The van der Waals surface area contributed by atoms with Crippen molar-refractivity contribution in [2.75, 3.05) is 18.0 Å². The molecule has 1 aromatic carbocycles. The minimum Gasteiger partial charge on any atom is -0.478 e. The van der Waals surface area contributed by atoms with Crippen molar-refractivity contribution in [3.8, 4) is 0 Å². The lowest BCUT2D eigenvalue weighted by molar-refractivity contribution is -0.132. The van der Waals surface area contributed by atoms with Gasteiger partial charge >= 0.3 is 5.97 Å². The second-order valence-electron chi connectivity index (χ2n) is 4.88. The zero-order chi connectivity index (χ0) is 13.8. The average Bonchev–Trinajstić information content (AvgIpc) is 2.39. The smallest absolute Gasteiger partial charge is 0.331 e. The van der Waals surface area contributed by atoms with Gasteiger partial charge in [-0.3, -0.25) is 0 Å². The maximum absolute atomic E-state index is 11.0. The van der Waals surface area contributed by atoms with Crippen LogP contribution in [0.3, 0.4) is 0 Å². The van der Waals surface area contributed by atoms with E-state index in [4.69, 9.17) is 5.11 Å². The quantitative estimate of drug-likeness (QED) is 0.857. The lowest BCUT2D eigenvalue weighted by Crippen LogP contribution is -2.29. The molecule has 4 heteroatoms. The Morgan fingerprint density at radius 3 is 2.63 bits per heavy atom. The Morgan fingerprint density at radius 1 is 1.32 bits per heavy atom. The molecule has 1 aliphatic rings. The van der Waals surface area contributed by atoms with Crippen molar-refractivity contribution in [1.29, 1.82) is 0 Å². The zero-order valence-corrected chi connectivity index (χ0v) is 12.6. The van der Waals surface area contributed by atoms with E-state index in [1.54, 1.807) is 13.0 Å². The number of benzene rings is 1. The average molecular weight is 324 g/mol. The Labute approximate surface area is 122 Å². The van der Waals surface area contributed by atoms with Crippen LogP contribution in [0.15, 0.2) is 28.2 Å². The van der Waals surface area contributed by atoms with Crippen LogP contribution in [0, 0.1) is 0 Å². The molecule has 0 radical (unpaired) electrons. The highest BCUT2D eigenvalue weighted by atomic mass is 79.9. The lowest BCUT2D eigenvalue weighted by atomic mass is 10.1. The van der Waals surface area contributed by atoms with Gasteiger partial charge in [-0.2, -0.15) is 0 Å². The summed E-state index contributed by atoms with van der Waals surface area (Å²) in [5.74, 6) is -0.871. The molecule has 1 aliphatic heterocycles. The molecule has 102 valence electrons. The number of nitrogens with zero attached hydrogens (tertiary/aromatic N) is 1. The molecule has 1 heterocycles. The largest absolute Gasteiger partial charge is 0.478 e. The molecule has 1 fully saturated rings. The maximum atomic E-state index is 11.0. The van der Waals surface area contributed by atoms with Gasteiger partial charge in [0.2, 0.25) is 0 Å². The van der Waals surface area contributed by atoms with Crippen LogP contribution in [0.1, 0.15) is 31.7 Å². The molecule has 1 N–H and O–H groups in total. The SMILES string of the molecule is C/C(=C\c1cc(Br)ccc1N1CCCCC1)C(=O)O. The molecule has 3 nitrogen and oxygen atoms in total. The van der Waals surface area contributed by atoms with Gasteiger partial charge in [0.1, 0.15) is 0 Å². The molecule has 0 saturated carbocycles. The molecule has 0 aromatic heterocycles. The van der Waals surface area contributed by atoms with Crippen LogP contribution in [0.25, 0.3) is 6.08 Å². The normalized spacial score (nSPS) is 16.5. The predicted octanol–water partition coefficient (Wildman–Crippen LogP) is 3.93. The molecule has 0 aliphatic carbocycles. The second kappa shape index (κ2) is 6.24. The third-order valence-electron chi connectivity index (χ3n) is 3.40. The first kappa shape index (κ1) is 14.1. The topological polar surface area (TPSA) is 40.5 Å². The Balaban J connectivity index is 2.37. The van der Waals surface area contributed by atoms with Crippen LogP contribution < -0.4 is 4.90 Å². The van der Waals surface area contributed by atoms with Crippen molar-refractivity contribution >= 4 is 33.7 Å². The highest BCUT2D eigenvalue weighted by Crippen LogP contribution is 2.29. The summed E-state index contributed by atoms with van der Waals surface area (Å²) in [5, 5.41) is 9.02. The van der Waals surface area contributed by atoms with Crippen molar-refractivity contribution in [2.45, 2.75) is 26.2 Å². The van der Waals surface area contributed by atoms with E-state index < -0.39 is 5.97 Å². The lowest BCUT2D eigenvalue weighted by Gasteiger charge is -2.30. The Bertz CT molecular complexity index is 505. The summed E-state index contributed by atoms with van der Waals surface area (Å²) >= 11 is 3.45. The summed E-state index contributed by atoms with van der Waals surface area (Å²) in [7, 11) is 0. The van der Waals surface area contributed by atoms with Crippen LogP contribution in [0.4, 0.5) is 5.69 Å². The molecule has 19 heavy (non-hydrogen) atoms. The molecule has 0 bridgehead atoms. The molecular formula is C15H18BrNO2. The van der Waals surface area contributed by atoms with Gasteiger partial charge < -0.3 is 10.0 Å². The van der Waals surface area contributed by atoms with Gasteiger partial charge in [-0.05, 0) is 56.0 Å². The van der Waals surface area contributed by atoms with E-state index in [0.29, 0.717) is 5.57 Å². The van der Waals surface area contributed by atoms with Crippen molar-refractivity contribution in [1.82, 2.24) is 0 Å². The van der Waals surface area contributed by atoms with Gasteiger partial charge in [-0.1, -0.05) is 15.9 Å². The number of piperidine rings is 1. The number of hydrogen-bond donors (Lipinski definition) is 1. The fourth-order valence-electron chi connectivity index (χ4n) is 2.36. The number of carboxylic acid groups (broad SMARTS) is 1. The first-order valence-electron chi connectivity index (χ1n) is 6.54. The van der Waals surface area contributed by atoms with Crippen molar-refractivity contribution in [3.05, 3.63) is 33.8 Å². The molecule has 0 unspecified atom stereocenters. The van der Waals surface area contributed by atoms with Crippen molar-refractivity contribution in [3.63, 3.8) is 0 Å². The first-order valence-corrected chi connectivity index (χ1v) is 7.33. The molecule has 1 saturated heterocycles. The molecule has 2 rings (SSSR count). The molecule has 0 amide bonds. The number of hydrogen-bond acceptors (Lipinski definition) is 2. The number of rotatable bonds is 3. The first-order chi connectivity index (χ1) is 9.08. The summed E-state index contributed by atoms with van der Waals surface area (Å²) in [6, 6.07) is 6.06. The number of carbonyl (C=O) groups is 1. The van der Waals surface area contributed by atoms with Crippen LogP contribution >= 0.6 is 15.9 Å². The number of aliphatic carboxylic acids is 1. The Morgan fingerprint density at radius 2 is 2.00 bits per heavy atom. The number of halogens is 1. The second-order valence-corrected chi connectivity index (χ2v) is 5.80. The Kier molecular flexibility index (Phi) is 4.64. The minimum atomic E-state index is -0.871. The van der Waals surface area contributed by atoms with Gasteiger partial charge in [-0.15, -0.1) is 0 Å². The zero-order valence-electron chi connectivity index (χ0n) is 11.0. The molecule has 0 spiro atoms. The van der Waals surface area contributed by atoms with E-state index in [0.717, 1.165) is 28.8 Å². The summed E-state index contributed by atoms with van der Waals surface area (Å²) in [6.45, 7) is 3.73. The number of anilines is 1. The summed E-state index contributed by atoms with van der Waals surface area (Å²) in [5.41, 5.74) is 2.45. The summed E-state index contributed by atoms with van der Waals surface area (Å²) in [6.07, 6.45) is 5.44. The number of carboxylic acids is 1. The summed E-state index contributed by atoms with van der Waals surface area (Å²) < 4.78 is 0.970. The van der Waals surface area contributed by atoms with E-state index in [1.165, 1.54) is 19.3 Å². The third-order valence-corrected chi connectivity index (χ3v) is 3.89. The van der Waals surface area contributed by atoms with E-state index in [-0.39, 0.29) is 0 Å². The minimum absolute atomic E-state index is 0.358. The van der Waals surface area contributed by atoms with Crippen molar-refractivity contribution in [2.24, 2.45) is 0 Å². The van der Waals surface area contributed by atoms with Gasteiger partial charge in [0, 0.05) is 28.8 Å². The van der Waals surface area contributed by atoms with Gasteiger partial charge in [0.15, 0.2) is 0 Å². The van der Waals surface area contributed by atoms with Crippen LogP contribution in [-0.2, 0) is 4.79 Å². The van der Waals surface area contributed by atoms with Gasteiger partial charge in [0.25, 0.3) is 0 Å². The van der Waals surface area contributed by atoms with Gasteiger partial charge in [0.05, 0.1) is 0 Å². The van der Waals surface area contributed by atoms with Crippen molar-refractivity contribution < 1.29 is 9.90 Å². The van der Waals surface area contributed by atoms with Crippen LogP contribution in [0.2, 0.25) is 0 Å². The molecular weight excluding hydrogens is 306 g/mol.